The Labute approximate surface area is 151 Å². The molecular weight excluding hydrogens is 333 g/mol. The number of hydrogen-bond donors (Lipinski definition) is 2. The van der Waals surface area contributed by atoms with E-state index in [0.29, 0.717) is 48.0 Å². The Bertz CT molecular complexity index is 852. The molecule has 1 saturated heterocycles. The van der Waals surface area contributed by atoms with Gasteiger partial charge in [-0.05, 0) is 44.4 Å². The third kappa shape index (κ3) is 3.34. The Morgan fingerprint density at radius 3 is 2.85 bits per heavy atom. The fourth-order valence-electron chi connectivity index (χ4n) is 3.10. The molecule has 2 aromatic rings. The lowest BCUT2D eigenvalue weighted by molar-refractivity contribution is 0.200. The van der Waals surface area contributed by atoms with Gasteiger partial charge in [-0.3, -0.25) is 5.41 Å². The smallest absolute Gasteiger partial charge is 0.132 e. The maximum Gasteiger partial charge on any atom is 0.132 e. The minimum atomic E-state index is -0.832. The molecule has 0 bridgehead atoms. The molecular formula is C19H22FN5O. The SMILES string of the molecule is CC1(Oc2ccc(N)c(C(=N)c3cc(N4CC[C@@H](F)C4)ncn3)c2)CC1. The molecule has 0 unspecified atom stereocenters. The van der Waals surface area contributed by atoms with Gasteiger partial charge in [0.2, 0.25) is 0 Å². The van der Waals surface area contributed by atoms with Crippen molar-refractivity contribution in [2.75, 3.05) is 23.7 Å². The molecule has 1 aromatic heterocycles. The van der Waals surface area contributed by atoms with E-state index in [4.69, 9.17) is 15.9 Å². The highest BCUT2D eigenvalue weighted by Crippen LogP contribution is 2.40. The van der Waals surface area contributed by atoms with Gasteiger partial charge < -0.3 is 15.4 Å². The van der Waals surface area contributed by atoms with Crippen molar-refractivity contribution in [2.45, 2.75) is 38.0 Å². The van der Waals surface area contributed by atoms with Crippen LogP contribution in [0.4, 0.5) is 15.9 Å². The second-order valence-corrected chi connectivity index (χ2v) is 7.27. The summed E-state index contributed by atoms with van der Waals surface area (Å²) in [4.78, 5) is 10.3. The van der Waals surface area contributed by atoms with E-state index in [9.17, 15) is 4.39 Å². The molecule has 1 aliphatic heterocycles. The van der Waals surface area contributed by atoms with Crippen LogP contribution >= 0.6 is 0 Å². The summed E-state index contributed by atoms with van der Waals surface area (Å²) in [5.74, 6) is 1.34. The van der Waals surface area contributed by atoms with Gasteiger partial charge in [0.1, 0.15) is 29.7 Å². The van der Waals surface area contributed by atoms with Gasteiger partial charge in [-0.25, -0.2) is 14.4 Å². The summed E-state index contributed by atoms with van der Waals surface area (Å²) in [5, 5.41) is 8.54. The van der Waals surface area contributed by atoms with Crippen molar-refractivity contribution in [3.8, 4) is 5.75 Å². The number of aromatic nitrogens is 2. The lowest BCUT2D eigenvalue weighted by Crippen LogP contribution is -2.22. The van der Waals surface area contributed by atoms with E-state index < -0.39 is 6.17 Å². The fraction of sp³-hybridized carbons (Fsp3) is 0.421. The third-order valence-electron chi connectivity index (χ3n) is 4.98. The normalized spacial score (nSPS) is 20.8. The Kier molecular flexibility index (Phi) is 4.01. The lowest BCUT2D eigenvalue weighted by Gasteiger charge is -2.17. The molecule has 1 saturated carbocycles. The Morgan fingerprint density at radius 2 is 2.15 bits per heavy atom. The summed E-state index contributed by atoms with van der Waals surface area (Å²) in [6.07, 6.45) is 3.14. The largest absolute Gasteiger partial charge is 0.488 e. The van der Waals surface area contributed by atoms with Crippen LogP contribution in [0.1, 0.15) is 37.4 Å². The van der Waals surface area contributed by atoms with Crippen LogP contribution in [0.15, 0.2) is 30.6 Å². The van der Waals surface area contributed by atoms with Gasteiger partial charge in [0.05, 0.1) is 18.0 Å². The quantitative estimate of drug-likeness (QED) is 0.636. The van der Waals surface area contributed by atoms with Gasteiger partial charge in [-0.1, -0.05) is 0 Å². The van der Waals surface area contributed by atoms with Crippen LogP contribution < -0.4 is 15.4 Å². The second kappa shape index (κ2) is 6.23. The van der Waals surface area contributed by atoms with Crippen LogP contribution in [0, 0.1) is 5.41 Å². The summed E-state index contributed by atoms with van der Waals surface area (Å²) in [5.41, 5.74) is 7.71. The van der Waals surface area contributed by atoms with Crippen LogP contribution in [0.2, 0.25) is 0 Å². The van der Waals surface area contributed by atoms with Gasteiger partial charge in [-0.15, -0.1) is 0 Å². The van der Waals surface area contributed by atoms with Gasteiger partial charge in [0, 0.05) is 23.9 Å². The minimum Gasteiger partial charge on any atom is -0.488 e. The average Bonchev–Trinajstić information content (AvgIpc) is 3.19. The van der Waals surface area contributed by atoms with Crippen molar-refractivity contribution in [3.05, 3.63) is 41.9 Å². The van der Waals surface area contributed by atoms with Crippen LogP contribution in [0.25, 0.3) is 0 Å². The van der Waals surface area contributed by atoms with E-state index >= 15 is 0 Å². The van der Waals surface area contributed by atoms with E-state index in [1.165, 1.54) is 6.33 Å². The number of nitrogens with two attached hydrogens (primary N) is 1. The maximum atomic E-state index is 13.5. The summed E-state index contributed by atoms with van der Waals surface area (Å²) in [7, 11) is 0. The number of nitrogen functional groups attached to an aromatic ring is 1. The predicted octanol–water partition coefficient (Wildman–Crippen LogP) is 2.95. The molecule has 136 valence electrons. The first kappa shape index (κ1) is 16.8. The van der Waals surface area contributed by atoms with Crippen molar-refractivity contribution < 1.29 is 9.13 Å². The van der Waals surface area contributed by atoms with Crippen molar-refractivity contribution in [3.63, 3.8) is 0 Å². The van der Waals surface area contributed by atoms with Gasteiger partial charge >= 0.3 is 0 Å². The van der Waals surface area contributed by atoms with Crippen LogP contribution in [-0.4, -0.2) is 40.5 Å². The minimum absolute atomic E-state index is 0.101. The molecule has 1 aliphatic carbocycles. The molecule has 0 amide bonds. The zero-order valence-corrected chi connectivity index (χ0v) is 14.7. The van der Waals surface area contributed by atoms with Crippen LogP contribution in [-0.2, 0) is 0 Å². The molecule has 26 heavy (non-hydrogen) atoms. The average molecular weight is 355 g/mol. The highest BCUT2D eigenvalue weighted by molar-refractivity contribution is 6.13. The summed E-state index contributed by atoms with van der Waals surface area (Å²) < 4.78 is 19.4. The molecule has 0 radical (unpaired) electrons. The first-order valence-corrected chi connectivity index (χ1v) is 8.82. The van der Waals surface area contributed by atoms with Crippen LogP contribution in [0.3, 0.4) is 0 Å². The number of alkyl halides is 1. The number of ether oxygens (including phenoxy) is 1. The molecule has 2 aliphatic rings. The number of halogens is 1. The topological polar surface area (TPSA) is 88.1 Å². The van der Waals surface area contributed by atoms with Crippen LogP contribution in [0.5, 0.6) is 5.75 Å². The van der Waals surface area contributed by atoms with Gasteiger partial charge in [-0.2, -0.15) is 0 Å². The van der Waals surface area contributed by atoms with E-state index in [0.717, 1.165) is 12.8 Å². The maximum absolute atomic E-state index is 13.5. The number of nitrogens with one attached hydrogen (secondary N) is 1. The number of rotatable bonds is 5. The highest BCUT2D eigenvalue weighted by Gasteiger charge is 2.40. The molecule has 1 aromatic carbocycles. The Balaban J connectivity index is 1.60. The van der Waals surface area contributed by atoms with Crippen molar-refractivity contribution in [1.82, 2.24) is 9.97 Å². The first-order valence-electron chi connectivity index (χ1n) is 8.82. The van der Waals surface area contributed by atoms with Gasteiger partial charge in [0.25, 0.3) is 0 Å². The molecule has 7 heteroatoms. The zero-order chi connectivity index (χ0) is 18.3. The number of anilines is 2. The summed E-state index contributed by atoms with van der Waals surface area (Å²) >= 11 is 0. The third-order valence-corrected chi connectivity index (χ3v) is 4.98. The number of hydrogen-bond acceptors (Lipinski definition) is 6. The van der Waals surface area contributed by atoms with E-state index in [1.807, 2.05) is 11.0 Å². The monoisotopic (exact) mass is 355 g/mol. The van der Waals surface area contributed by atoms with Crippen molar-refractivity contribution in [1.29, 1.82) is 5.41 Å². The Hall–Kier alpha value is -2.70. The second-order valence-electron chi connectivity index (χ2n) is 7.27. The van der Waals surface area contributed by atoms with Crippen molar-refractivity contribution >= 4 is 17.2 Å². The Morgan fingerprint density at radius 1 is 1.35 bits per heavy atom. The fourth-order valence-corrected chi connectivity index (χ4v) is 3.10. The van der Waals surface area contributed by atoms with Crippen molar-refractivity contribution in [2.24, 2.45) is 0 Å². The van der Waals surface area contributed by atoms with E-state index in [1.54, 1.807) is 18.2 Å². The summed E-state index contributed by atoms with van der Waals surface area (Å²) in [6, 6.07) is 7.08. The lowest BCUT2D eigenvalue weighted by atomic mass is 10.0. The zero-order valence-electron chi connectivity index (χ0n) is 14.7. The molecule has 2 fully saturated rings. The molecule has 4 rings (SSSR count). The molecule has 2 heterocycles. The van der Waals surface area contributed by atoms with Gasteiger partial charge in [0.15, 0.2) is 0 Å². The van der Waals surface area contributed by atoms with E-state index in [-0.39, 0.29) is 11.3 Å². The summed E-state index contributed by atoms with van der Waals surface area (Å²) in [6.45, 7) is 3.02. The molecule has 3 N–H and O–H groups in total. The predicted molar refractivity (Wildman–Crippen MR) is 98.8 cm³/mol. The number of nitrogens with zero attached hydrogens (tertiary/aromatic N) is 3. The molecule has 1 atom stereocenters. The standard InChI is InChI=1S/C19H22FN5O/c1-19(5-6-19)26-13-2-3-15(21)14(8-13)18(22)16-9-17(24-11-23-16)25-7-4-12(20)10-25/h2-3,8-9,11-12,22H,4-7,10,21H2,1H3/t12-/m1/s1. The molecule has 6 nitrogen and oxygen atoms in total. The van der Waals surface area contributed by atoms with E-state index in [2.05, 4.69) is 16.9 Å². The number of benzene rings is 1. The highest BCUT2D eigenvalue weighted by atomic mass is 19.1. The molecule has 0 spiro atoms. The first-order chi connectivity index (χ1) is 12.4.